The monoisotopic (exact) mass is 176 g/mol. The molecule has 0 aromatic carbocycles. The summed E-state index contributed by atoms with van der Waals surface area (Å²) in [4.78, 5) is 0. The summed E-state index contributed by atoms with van der Waals surface area (Å²) in [6.07, 6.45) is 0. The van der Waals surface area contributed by atoms with Gasteiger partial charge in [-0.05, 0) is 18.3 Å². The lowest BCUT2D eigenvalue weighted by Crippen LogP contribution is -2.19. The molecule has 1 atom stereocenters. The first-order valence-corrected chi connectivity index (χ1v) is 4.35. The second kappa shape index (κ2) is 4.10. The average Bonchev–Trinajstić information content (AvgIpc) is 2.03. The molecule has 0 rings (SSSR count). The Morgan fingerprint density at radius 1 is 1.15 bits per heavy atom. The first kappa shape index (κ1) is 11.7. The summed E-state index contributed by atoms with van der Waals surface area (Å²) in [6, 6.07) is 4.14. The SMILES string of the molecule is CC(C#N)=C(C#N)C(C)C(C)(C)C. The molecule has 0 spiro atoms. The van der Waals surface area contributed by atoms with Crippen LogP contribution in [0.15, 0.2) is 11.1 Å². The van der Waals surface area contributed by atoms with Crippen LogP contribution in [-0.4, -0.2) is 0 Å². The molecule has 1 unspecified atom stereocenters. The van der Waals surface area contributed by atoms with Gasteiger partial charge in [0.1, 0.15) is 0 Å². The molecule has 0 aliphatic heterocycles. The van der Waals surface area contributed by atoms with Crippen molar-refractivity contribution >= 4 is 0 Å². The first-order chi connectivity index (χ1) is 5.84. The van der Waals surface area contributed by atoms with E-state index in [2.05, 4.69) is 26.8 Å². The van der Waals surface area contributed by atoms with Crippen LogP contribution in [0.2, 0.25) is 0 Å². The van der Waals surface area contributed by atoms with Gasteiger partial charge in [0.05, 0.1) is 12.1 Å². The molecule has 0 N–H and O–H groups in total. The molecule has 70 valence electrons. The third-order valence-corrected chi connectivity index (χ3v) is 2.42. The van der Waals surface area contributed by atoms with Crippen molar-refractivity contribution in [3.63, 3.8) is 0 Å². The fraction of sp³-hybridized carbons (Fsp3) is 0.636. The molecule has 0 aliphatic carbocycles. The summed E-state index contributed by atoms with van der Waals surface area (Å²) in [7, 11) is 0. The third-order valence-electron chi connectivity index (χ3n) is 2.42. The van der Waals surface area contributed by atoms with Crippen molar-refractivity contribution in [1.29, 1.82) is 10.5 Å². The molecule has 0 radical (unpaired) electrons. The van der Waals surface area contributed by atoms with Gasteiger partial charge in [0.2, 0.25) is 0 Å². The number of nitrogens with zero attached hydrogens (tertiary/aromatic N) is 2. The second-order valence-electron chi connectivity index (χ2n) is 4.35. The van der Waals surface area contributed by atoms with Crippen LogP contribution in [0, 0.1) is 34.0 Å². The van der Waals surface area contributed by atoms with Gasteiger partial charge in [-0.15, -0.1) is 0 Å². The van der Waals surface area contributed by atoms with Gasteiger partial charge in [-0.3, -0.25) is 0 Å². The van der Waals surface area contributed by atoms with Crippen LogP contribution in [-0.2, 0) is 0 Å². The Labute approximate surface area is 80.5 Å². The van der Waals surface area contributed by atoms with Crippen LogP contribution < -0.4 is 0 Å². The van der Waals surface area contributed by atoms with E-state index in [0.717, 1.165) is 0 Å². The van der Waals surface area contributed by atoms with Gasteiger partial charge in [-0.2, -0.15) is 10.5 Å². The van der Waals surface area contributed by atoms with Crippen LogP contribution in [0.1, 0.15) is 34.6 Å². The van der Waals surface area contributed by atoms with Crippen molar-refractivity contribution in [2.24, 2.45) is 11.3 Å². The molecule has 0 saturated heterocycles. The minimum Gasteiger partial charge on any atom is -0.193 e. The number of hydrogen-bond acceptors (Lipinski definition) is 2. The lowest BCUT2D eigenvalue weighted by atomic mass is 9.76. The van der Waals surface area contributed by atoms with E-state index in [-0.39, 0.29) is 11.3 Å². The Bertz CT molecular complexity index is 292. The van der Waals surface area contributed by atoms with Crippen LogP contribution in [0.3, 0.4) is 0 Å². The zero-order valence-electron chi connectivity index (χ0n) is 8.97. The lowest BCUT2D eigenvalue weighted by Gasteiger charge is -2.26. The molecule has 2 heteroatoms. The van der Waals surface area contributed by atoms with Crippen LogP contribution in [0.25, 0.3) is 0 Å². The Morgan fingerprint density at radius 2 is 1.62 bits per heavy atom. The van der Waals surface area contributed by atoms with E-state index < -0.39 is 0 Å². The van der Waals surface area contributed by atoms with Crippen LogP contribution in [0.4, 0.5) is 0 Å². The minimum atomic E-state index is 0.0309. The van der Waals surface area contributed by atoms with Gasteiger partial charge in [-0.25, -0.2) is 0 Å². The molecular formula is C11H16N2. The maximum absolute atomic E-state index is 8.90. The predicted octanol–water partition coefficient (Wildman–Crippen LogP) is 3.03. The van der Waals surface area contributed by atoms with Gasteiger partial charge in [0.15, 0.2) is 0 Å². The molecule has 2 nitrogen and oxygen atoms in total. The molecule has 0 aromatic rings. The standard InChI is InChI=1S/C11H16N2/c1-8(6-12)10(7-13)9(2)11(3,4)5/h9H,1-5H3. The van der Waals surface area contributed by atoms with E-state index >= 15 is 0 Å². The second-order valence-corrected chi connectivity index (χ2v) is 4.35. The number of hydrogen-bond donors (Lipinski definition) is 0. The van der Waals surface area contributed by atoms with E-state index in [4.69, 9.17) is 10.5 Å². The van der Waals surface area contributed by atoms with Crippen LogP contribution >= 0.6 is 0 Å². The van der Waals surface area contributed by atoms with E-state index in [0.29, 0.717) is 11.1 Å². The summed E-state index contributed by atoms with van der Waals surface area (Å²) in [5.74, 6) is 0.122. The van der Waals surface area contributed by atoms with Crippen molar-refractivity contribution in [3.8, 4) is 12.1 Å². The molecule has 0 saturated carbocycles. The van der Waals surface area contributed by atoms with Crippen molar-refractivity contribution < 1.29 is 0 Å². The summed E-state index contributed by atoms with van der Waals surface area (Å²) in [5.41, 5.74) is 1.17. The Hall–Kier alpha value is -1.28. The molecular weight excluding hydrogens is 160 g/mol. The summed E-state index contributed by atoms with van der Waals surface area (Å²) in [6.45, 7) is 9.89. The zero-order valence-corrected chi connectivity index (χ0v) is 8.97. The number of rotatable bonds is 1. The fourth-order valence-corrected chi connectivity index (χ4v) is 0.999. The highest BCUT2D eigenvalue weighted by molar-refractivity contribution is 5.37. The molecule has 0 heterocycles. The van der Waals surface area contributed by atoms with Gasteiger partial charge in [0.25, 0.3) is 0 Å². The van der Waals surface area contributed by atoms with Gasteiger partial charge in [0, 0.05) is 11.1 Å². The maximum atomic E-state index is 8.90. The van der Waals surface area contributed by atoms with Crippen LogP contribution in [0.5, 0.6) is 0 Å². The Kier molecular flexibility index (Phi) is 3.69. The summed E-state index contributed by atoms with van der Waals surface area (Å²) >= 11 is 0. The molecule has 0 aromatic heterocycles. The largest absolute Gasteiger partial charge is 0.193 e. The zero-order chi connectivity index (χ0) is 10.6. The Morgan fingerprint density at radius 3 is 1.85 bits per heavy atom. The average molecular weight is 176 g/mol. The van der Waals surface area contributed by atoms with E-state index in [1.165, 1.54) is 0 Å². The summed E-state index contributed by atoms with van der Waals surface area (Å²) < 4.78 is 0. The topological polar surface area (TPSA) is 47.6 Å². The highest BCUT2D eigenvalue weighted by Gasteiger charge is 2.25. The normalized spacial score (nSPS) is 15.3. The minimum absolute atomic E-state index is 0.0309. The highest BCUT2D eigenvalue weighted by atomic mass is 14.3. The van der Waals surface area contributed by atoms with Gasteiger partial charge in [-0.1, -0.05) is 27.7 Å². The van der Waals surface area contributed by atoms with Crippen molar-refractivity contribution in [2.75, 3.05) is 0 Å². The van der Waals surface area contributed by atoms with E-state index in [9.17, 15) is 0 Å². The predicted molar refractivity (Wildman–Crippen MR) is 52.5 cm³/mol. The molecule has 0 aliphatic rings. The first-order valence-electron chi connectivity index (χ1n) is 4.35. The molecule has 0 fully saturated rings. The fourth-order valence-electron chi connectivity index (χ4n) is 0.999. The van der Waals surface area contributed by atoms with E-state index in [1.54, 1.807) is 6.92 Å². The lowest BCUT2D eigenvalue weighted by molar-refractivity contribution is 0.305. The molecule has 0 bridgehead atoms. The third kappa shape index (κ3) is 2.92. The Balaban J connectivity index is 5.09. The van der Waals surface area contributed by atoms with Crippen molar-refractivity contribution in [3.05, 3.63) is 11.1 Å². The van der Waals surface area contributed by atoms with Gasteiger partial charge < -0.3 is 0 Å². The number of allylic oxidation sites excluding steroid dienone is 2. The highest BCUT2D eigenvalue weighted by Crippen LogP contribution is 2.32. The quantitative estimate of drug-likeness (QED) is 0.576. The number of nitriles is 2. The van der Waals surface area contributed by atoms with Crippen molar-refractivity contribution in [1.82, 2.24) is 0 Å². The molecule has 0 amide bonds. The van der Waals surface area contributed by atoms with Gasteiger partial charge >= 0.3 is 0 Å². The maximum Gasteiger partial charge on any atom is 0.0960 e. The smallest absolute Gasteiger partial charge is 0.0960 e. The van der Waals surface area contributed by atoms with E-state index in [1.807, 2.05) is 13.0 Å². The molecule has 13 heavy (non-hydrogen) atoms. The van der Waals surface area contributed by atoms with Crippen molar-refractivity contribution in [2.45, 2.75) is 34.6 Å². The summed E-state index contributed by atoms with van der Waals surface area (Å²) in [5, 5.41) is 17.6.